The number of aliphatic carboxylic acids is 1. The second kappa shape index (κ2) is 7.13. The second-order valence-electron chi connectivity index (χ2n) is 7.38. The third-order valence-corrected chi connectivity index (χ3v) is 5.61. The number of nitrogens with zero attached hydrogens (tertiary/aromatic N) is 3. The number of carboxylic acid groups (broad SMARTS) is 1. The Morgan fingerprint density at radius 3 is 2.70 bits per heavy atom. The average molecular weight is 369 g/mol. The Morgan fingerprint density at radius 2 is 1.89 bits per heavy atom. The van der Waals surface area contributed by atoms with Gasteiger partial charge in [0.05, 0.1) is 10.9 Å². The normalized spacial score (nSPS) is 20.1. The molecule has 1 N–H and O–H groups in total. The van der Waals surface area contributed by atoms with Gasteiger partial charge in [0.25, 0.3) is 11.5 Å². The predicted molar refractivity (Wildman–Crippen MR) is 99.9 cm³/mol. The van der Waals surface area contributed by atoms with Crippen LogP contribution in [-0.2, 0) is 17.8 Å². The summed E-state index contributed by atoms with van der Waals surface area (Å²) in [6.45, 7) is 1.12. The standard InChI is InChI=1S/C20H23N3O4/c24-18(22-10-5-3-6-16(22)20(26)27)13-8-9-14-15(12-13)21-17-7-2-1-4-11-23(17)19(14)25/h8-9,12,16H,1-7,10-11H2,(H,26,27). The molecule has 0 saturated carbocycles. The summed E-state index contributed by atoms with van der Waals surface area (Å²) in [7, 11) is 0. The van der Waals surface area contributed by atoms with Gasteiger partial charge in [0, 0.05) is 25.1 Å². The highest BCUT2D eigenvalue weighted by molar-refractivity contribution is 5.99. The Morgan fingerprint density at radius 1 is 1.07 bits per heavy atom. The van der Waals surface area contributed by atoms with E-state index in [1.807, 2.05) is 0 Å². The van der Waals surface area contributed by atoms with Gasteiger partial charge in [0.1, 0.15) is 11.9 Å². The molecule has 1 atom stereocenters. The van der Waals surface area contributed by atoms with E-state index in [0.717, 1.165) is 44.3 Å². The summed E-state index contributed by atoms with van der Waals surface area (Å²) < 4.78 is 1.75. The molecular weight excluding hydrogens is 346 g/mol. The fourth-order valence-electron chi connectivity index (χ4n) is 4.15. The smallest absolute Gasteiger partial charge is 0.326 e. The van der Waals surface area contributed by atoms with E-state index in [-0.39, 0.29) is 11.5 Å². The molecule has 2 aliphatic heterocycles. The highest BCUT2D eigenvalue weighted by atomic mass is 16.4. The van der Waals surface area contributed by atoms with Crippen LogP contribution >= 0.6 is 0 Å². The number of fused-ring (bicyclic) bond motifs is 2. The Bertz CT molecular complexity index is 966. The molecule has 1 aromatic carbocycles. The van der Waals surface area contributed by atoms with E-state index < -0.39 is 12.0 Å². The zero-order valence-corrected chi connectivity index (χ0v) is 15.2. The molecule has 4 rings (SSSR count). The number of carbonyl (C=O) groups excluding carboxylic acids is 1. The quantitative estimate of drug-likeness (QED) is 0.876. The van der Waals surface area contributed by atoms with Crippen molar-refractivity contribution in [3.8, 4) is 0 Å². The molecule has 0 radical (unpaired) electrons. The summed E-state index contributed by atoms with van der Waals surface area (Å²) in [5.41, 5.74) is 0.848. The number of rotatable bonds is 2. The van der Waals surface area contributed by atoms with Crippen molar-refractivity contribution in [1.82, 2.24) is 14.5 Å². The maximum atomic E-state index is 12.9. The highest BCUT2D eigenvalue weighted by Gasteiger charge is 2.32. The number of benzene rings is 1. The summed E-state index contributed by atoms with van der Waals surface area (Å²) >= 11 is 0. The first-order valence-corrected chi connectivity index (χ1v) is 9.63. The third-order valence-electron chi connectivity index (χ3n) is 5.61. The van der Waals surface area contributed by atoms with Gasteiger partial charge in [-0.3, -0.25) is 14.2 Å². The number of aromatic nitrogens is 2. The first-order chi connectivity index (χ1) is 13.1. The molecule has 7 nitrogen and oxygen atoms in total. The lowest BCUT2D eigenvalue weighted by molar-refractivity contribution is -0.143. The molecule has 0 aliphatic carbocycles. The number of carboxylic acids is 1. The zero-order chi connectivity index (χ0) is 19.0. The number of aryl methyl sites for hydroxylation is 1. The van der Waals surface area contributed by atoms with Crippen LogP contribution in [0.15, 0.2) is 23.0 Å². The van der Waals surface area contributed by atoms with Crippen LogP contribution < -0.4 is 5.56 Å². The Balaban J connectivity index is 1.74. The largest absolute Gasteiger partial charge is 0.480 e. The molecule has 0 bridgehead atoms. The summed E-state index contributed by atoms with van der Waals surface area (Å²) in [5.74, 6) is -0.498. The number of amides is 1. The first kappa shape index (κ1) is 17.7. The molecule has 2 aromatic rings. The summed E-state index contributed by atoms with van der Waals surface area (Å²) in [6.07, 6.45) is 5.90. The number of piperidine rings is 1. The van der Waals surface area contributed by atoms with Crippen LogP contribution in [0, 0.1) is 0 Å². The maximum absolute atomic E-state index is 12.9. The van der Waals surface area contributed by atoms with E-state index in [9.17, 15) is 19.5 Å². The molecule has 27 heavy (non-hydrogen) atoms. The van der Waals surface area contributed by atoms with Crippen LogP contribution in [0.4, 0.5) is 0 Å². The molecule has 1 amide bonds. The van der Waals surface area contributed by atoms with E-state index in [0.29, 0.717) is 36.0 Å². The summed E-state index contributed by atoms with van der Waals surface area (Å²) in [5, 5.41) is 9.93. The fraction of sp³-hybridized carbons (Fsp3) is 0.500. The Kier molecular flexibility index (Phi) is 4.68. The van der Waals surface area contributed by atoms with Gasteiger partial charge in [-0.25, -0.2) is 9.78 Å². The van der Waals surface area contributed by atoms with Gasteiger partial charge in [-0.15, -0.1) is 0 Å². The molecule has 3 heterocycles. The van der Waals surface area contributed by atoms with Gasteiger partial charge < -0.3 is 10.0 Å². The second-order valence-corrected chi connectivity index (χ2v) is 7.38. The lowest BCUT2D eigenvalue weighted by Gasteiger charge is -2.33. The van der Waals surface area contributed by atoms with Gasteiger partial charge >= 0.3 is 5.97 Å². The Labute approximate surface area is 156 Å². The van der Waals surface area contributed by atoms with Crippen LogP contribution in [-0.4, -0.2) is 44.0 Å². The van der Waals surface area contributed by atoms with Crippen molar-refractivity contribution in [1.29, 1.82) is 0 Å². The average Bonchev–Trinajstić information content (AvgIpc) is 2.93. The van der Waals surface area contributed by atoms with Crippen LogP contribution in [0.1, 0.15) is 54.7 Å². The van der Waals surface area contributed by atoms with E-state index >= 15 is 0 Å². The van der Waals surface area contributed by atoms with Crippen LogP contribution in [0.3, 0.4) is 0 Å². The highest BCUT2D eigenvalue weighted by Crippen LogP contribution is 2.22. The fourth-order valence-corrected chi connectivity index (χ4v) is 4.15. The van der Waals surface area contributed by atoms with Crippen molar-refractivity contribution in [2.24, 2.45) is 0 Å². The van der Waals surface area contributed by atoms with Gasteiger partial charge in [-0.05, 0) is 50.3 Å². The number of carbonyl (C=O) groups is 2. The number of hydrogen-bond acceptors (Lipinski definition) is 4. The minimum atomic E-state index is -0.967. The third kappa shape index (κ3) is 3.22. The zero-order valence-electron chi connectivity index (χ0n) is 15.2. The van der Waals surface area contributed by atoms with Gasteiger partial charge in [0.15, 0.2) is 0 Å². The van der Waals surface area contributed by atoms with E-state index in [1.54, 1.807) is 22.8 Å². The summed E-state index contributed by atoms with van der Waals surface area (Å²) in [6, 6.07) is 4.12. The molecule has 1 aromatic heterocycles. The molecule has 142 valence electrons. The molecule has 1 fully saturated rings. The molecule has 2 aliphatic rings. The van der Waals surface area contributed by atoms with Crippen molar-refractivity contribution in [2.75, 3.05) is 6.54 Å². The maximum Gasteiger partial charge on any atom is 0.326 e. The molecule has 7 heteroatoms. The van der Waals surface area contributed by atoms with Crippen molar-refractivity contribution in [3.63, 3.8) is 0 Å². The van der Waals surface area contributed by atoms with E-state index in [1.165, 1.54) is 4.90 Å². The predicted octanol–water partition coefficient (Wildman–Crippen LogP) is 2.20. The minimum Gasteiger partial charge on any atom is -0.480 e. The lowest BCUT2D eigenvalue weighted by atomic mass is 10.0. The van der Waals surface area contributed by atoms with E-state index in [2.05, 4.69) is 4.98 Å². The van der Waals surface area contributed by atoms with Gasteiger partial charge in [0.2, 0.25) is 0 Å². The monoisotopic (exact) mass is 369 g/mol. The van der Waals surface area contributed by atoms with E-state index in [4.69, 9.17) is 0 Å². The molecular formula is C20H23N3O4. The van der Waals surface area contributed by atoms with Crippen molar-refractivity contribution >= 4 is 22.8 Å². The van der Waals surface area contributed by atoms with Crippen LogP contribution in [0.2, 0.25) is 0 Å². The topological polar surface area (TPSA) is 92.5 Å². The van der Waals surface area contributed by atoms with Crippen LogP contribution in [0.25, 0.3) is 10.9 Å². The van der Waals surface area contributed by atoms with Crippen molar-refractivity contribution in [2.45, 2.75) is 57.5 Å². The number of likely N-dealkylation sites (tertiary alicyclic amines) is 1. The Hall–Kier alpha value is -2.70. The molecule has 1 unspecified atom stereocenters. The van der Waals surface area contributed by atoms with Crippen LogP contribution in [0.5, 0.6) is 0 Å². The molecule has 1 saturated heterocycles. The van der Waals surface area contributed by atoms with Gasteiger partial charge in [-0.1, -0.05) is 6.42 Å². The molecule has 0 spiro atoms. The van der Waals surface area contributed by atoms with Crippen molar-refractivity contribution < 1.29 is 14.7 Å². The van der Waals surface area contributed by atoms with Crippen molar-refractivity contribution in [3.05, 3.63) is 39.9 Å². The van der Waals surface area contributed by atoms with Gasteiger partial charge in [-0.2, -0.15) is 0 Å². The summed E-state index contributed by atoms with van der Waals surface area (Å²) in [4.78, 5) is 43.3. The number of hydrogen-bond donors (Lipinski definition) is 1. The lowest BCUT2D eigenvalue weighted by Crippen LogP contribution is -2.48. The first-order valence-electron chi connectivity index (χ1n) is 9.63. The minimum absolute atomic E-state index is 0.0581. The SMILES string of the molecule is O=C(O)C1CCCCN1C(=O)c1ccc2c(=O)n3c(nc2c1)CCCCC3.